The lowest BCUT2D eigenvalue weighted by Gasteiger charge is -2.15. The lowest BCUT2D eigenvalue weighted by Crippen LogP contribution is -2.32. The normalized spacial score (nSPS) is 15.3. The molecule has 2 amide bonds. The standard InChI is InChI=1S/C9H13N5O/c10-8-11-4-3-7(12-8)13-9(15)14-5-1-2-6-14/h3-4H,1-2,5-6H2,(H3,10,11,12,13,15). The summed E-state index contributed by atoms with van der Waals surface area (Å²) < 4.78 is 0. The summed E-state index contributed by atoms with van der Waals surface area (Å²) in [6, 6.07) is 1.50. The second-order valence-electron chi connectivity index (χ2n) is 3.42. The zero-order chi connectivity index (χ0) is 10.7. The largest absolute Gasteiger partial charge is 0.368 e. The number of likely N-dealkylation sites (tertiary alicyclic amines) is 1. The SMILES string of the molecule is Nc1nccc(NC(=O)N2CCCC2)n1. The minimum atomic E-state index is -0.120. The highest BCUT2D eigenvalue weighted by Crippen LogP contribution is 2.10. The Balaban J connectivity index is 1.99. The van der Waals surface area contributed by atoms with Crippen LogP contribution in [0.25, 0.3) is 0 Å². The Kier molecular flexibility index (Phi) is 2.66. The van der Waals surface area contributed by atoms with Gasteiger partial charge in [-0.25, -0.2) is 9.78 Å². The third kappa shape index (κ3) is 2.34. The maximum Gasteiger partial charge on any atom is 0.323 e. The van der Waals surface area contributed by atoms with E-state index in [1.165, 1.54) is 6.20 Å². The Labute approximate surface area is 87.5 Å². The summed E-state index contributed by atoms with van der Waals surface area (Å²) in [5, 5.41) is 2.68. The highest BCUT2D eigenvalue weighted by Gasteiger charge is 2.17. The molecule has 1 aromatic heterocycles. The first kappa shape index (κ1) is 9.70. The first-order valence-corrected chi connectivity index (χ1v) is 4.90. The Morgan fingerprint density at radius 1 is 1.47 bits per heavy atom. The molecule has 6 heteroatoms. The predicted octanol–water partition coefficient (Wildman–Crippen LogP) is 0.686. The molecule has 0 bridgehead atoms. The van der Waals surface area contributed by atoms with Gasteiger partial charge in [0.05, 0.1) is 0 Å². The van der Waals surface area contributed by atoms with E-state index in [0.717, 1.165) is 25.9 Å². The maximum atomic E-state index is 11.6. The van der Waals surface area contributed by atoms with Crippen molar-refractivity contribution < 1.29 is 4.79 Å². The predicted molar refractivity (Wildman–Crippen MR) is 56.3 cm³/mol. The van der Waals surface area contributed by atoms with Crippen LogP contribution in [0.1, 0.15) is 12.8 Å². The molecule has 0 unspecified atom stereocenters. The van der Waals surface area contributed by atoms with Crippen molar-refractivity contribution in [1.29, 1.82) is 0 Å². The second kappa shape index (κ2) is 4.12. The zero-order valence-electron chi connectivity index (χ0n) is 8.31. The Bertz CT molecular complexity index is 361. The van der Waals surface area contributed by atoms with Gasteiger partial charge in [-0.05, 0) is 18.9 Å². The van der Waals surface area contributed by atoms with E-state index in [1.807, 2.05) is 0 Å². The molecule has 0 atom stereocenters. The van der Waals surface area contributed by atoms with Crippen LogP contribution in [-0.2, 0) is 0 Å². The van der Waals surface area contributed by atoms with E-state index < -0.39 is 0 Å². The molecule has 2 heterocycles. The second-order valence-corrected chi connectivity index (χ2v) is 3.42. The summed E-state index contributed by atoms with van der Waals surface area (Å²) in [7, 11) is 0. The fraction of sp³-hybridized carbons (Fsp3) is 0.444. The number of aromatic nitrogens is 2. The molecule has 1 aliphatic rings. The fourth-order valence-corrected chi connectivity index (χ4v) is 1.55. The lowest BCUT2D eigenvalue weighted by molar-refractivity contribution is 0.222. The van der Waals surface area contributed by atoms with E-state index in [0.29, 0.717) is 5.82 Å². The van der Waals surface area contributed by atoms with E-state index in [2.05, 4.69) is 15.3 Å². The molecule has 80 valence electrons. The molecule has 15 heavy (non-hydrogen) atoms. The van der Waals surface area contributed by atoms with Crippen LogP contribution in [0.2, 0.25) is 0 Å². The first-order valence-electron chi connectivity index (χ1n) is 4.90. The molecular formula is C9H13N5O. The minimum absolute atomic E-state index is 0.120. The number of nitrogen functional groups attached to an aromatic ring is 1. The van der Waals surface area contributed by atoms with Crippen LogP contribution in [0.4, 0.5) is 16.6 Å². The molecular weight excluding hydrogens is 194 g/mol. The molecule has 0 saturated carbocycles. The van der Waals surface area contributed by atoms with Gasteiger partial charge in [0.2, 0.25) is 5.95 Å². The van der Waals surface area contributed by atoms with Crippen molar-refractivity contribution in [3.63, 3.8) is 0 Å². The molecule has 2 rings (SSSR count). The van der Waals surface area contributed by atoms with Crippen LogP contribution in [-0.4, -0.2) is 34.0 Å². The Hall–Kier alpha value is -1.85. The van der Waals surface area contributed by atoms with Gasteiger partial charge in [0.25, 0.3) is 0 Å². The molecule has 0 spiro atoms. The number of hydrogen-bond acceptors (Lipinski definition) is 4. The number of amides is 2. The Morgan fingerprint density at radius 2 is 2.20 bits per heavy atom. The van der Waals surface area contributed by atoms with Gasteiger partial charge in [-0.2, -0.15) is 4.98 Å². The van der Waals surface area contributed by atoms with E-state index in [1.54, 1.807) is 11.0 Å². The summed E-state index contributed by atoms with van der Waals surface area (Å²) in [4.78, 5) is 21.0. The van der Waals surface area contributed by atoms with E-state index in [4.69, 9.17) is 5.73 Å². The quantitative estimate of drug-likeness (QED) is 0.709. The number of anilines is 2. The molecule has 1 aromatic rings. The van der Waals surface area contributed by atoms with E-state index in [-0.39, 0.29) is 12.0 Å². The number of carbonyl (C=O) groups is 1. The monoisotopic (exact) mass is 207 g/mol. The maximum absolute atomic E-state index is 11.6. The van der Waals surface area contributed by atoms with Crippen molar-refractivity contribution in [3.05, 3.63) is 12.3 Å². The van der Waals surface area contributed by atoms with E-state index >= 15 is 0 Å². The average Bonchev–Trinajstić information content (AvgIpc) is 2.70. The van der Waals surface area contributed by atoms with Crippen molar-refractivity contribution in [2.75, 3.05) is 24.1 Å². The third-order valence-corrected chi connectivity index (χ3v) is 2.30. The van der Waals surface area contributed by atoms with Crippen molar-refractivity contribution in [2.24, 2.45) is 0 Å². The minimum Gasteiger partial charge on any atom is -0.368 e. The number of carbonyl (C=O) groups excluding carboxylic acids is 1. The Morgan fingerprint density at radius 3 is 2.87 bits per heavy atom. The third-order valence-electron chi connectivity index (χ3n) is 2.30. The molecule has 3 N–H and O–H groups in total. The smallest absolute Gasteiger partial charge is 0.323 e. The van der Waals surface area contributed by atoms with Crippen LogP contribution in [0.5, 0.6) is 0 Å². The number of nitrogens with two attached hydrogens (primary N) is 1. The van der Waals surface area contributed by atoms with Crippen LogP contribution in [0.15, 0.2) is 12.3 Å². The lowest BCUT2D eigenvalue weighted by atomic mass is 10.4. The van der Waals surface area contributed by atoms with Crippen LogP contribution in [0.3, 0.4) is 0 Å². The summed E-state index contributed by atoms with van der Waals surface area (Å²) in [6.45, 7) is 1.62. The molecule has 0 aromatic carbocycles. The van der Waals surface area contributed by atoms with Gasteiger partial charge in [0, 0.05) is 19.3 Å². The van der Waals surface area contributed by atoms with Crippen molar-refractivity contribution >= 4 is 17.8 Å². The number of urea groups is 1. The molecule has 0 radical (unpaired) electrons. The molecule has 0 aliphatic carbocycles. The average molecular weight is 207 g/mol. The topological polar surface area (TPSA) is 84.1 Å². The van der Waals surface area contributed by atoms with Gasteiger partial charge >= 0.3 is 6.03 Å². The zero-order valence-corrected chi connectivity index (χ0v) is 8.31. The van der Waals surface area contributed by atoms with E-state index in [9.17, 15) is 4.79 Å². The van der Waals surface area contributed by atoms with Gasteiger partial charge in [0.15, 0.2) is 0 Å². The molecule has 6 nitrogen and oxygen atoms in total. The van der Waals surface area contributed by atoms with Crippen molar-refractivity contribution in [3.8, 4) is 0 Å². The fourth-order valence-electron chi connectivity index (χ4n) is 1.55. The first-order chi connectivity index (χ1) is 7.25. The number of nitrogens with one attached hydrogen (secondary N) is 1. The number of rotatable bonds is 1. The van der Waals surface area contributed by atoms with Crippen LogP contribution < -0.4 is 11.1 Å². The van der Waals surface area contributed by atoms with Gasteiger partial charge in [-0.15, -0.1) is 0 Å². The van der Waals surface area contributed by atoms with Gasteiger partial charge in [-0.1, -0.05) is 0 Å². The highest BCUT2D eigenvalue weighted by atomic mass is 16.2. The van der Waals surface area contributed by atoms with Crippen LogP contribution in [0, 0.1) is 0 Å². The van der Waals surface area contributed by atoms with Crippen molar-refractivity contribution in [2.45, 2.75) is 12.8 Å². The molecule has 1 fully saturated rings. The molecule has 1 aliphatic heterocycles. The van der Waals surface area contributed by atoms with Crippen LogP contribution >= 0.6 is 0 Å². The molecule has 1 saturated heterocycles. The van der Waals surface area contributed by atoms with Gasteiger partial charge < -0.3 is 10.6 Å². The van der Waals surface area contributed by atoms with Gasteiger partial charge in [-0.3, -0.25) is 5.32 Å². The number of nitrogens with zero attached hydrogens (tertiary/aromatic N) is 3. The summed E-state index contributed by atoms with van der Waals surface area (Å²) in [5.41, 5.74) is 5.40. The summed E-state index contributed by atoms with van der Waals surface area (Å²) >= 11 is 0. The number of hydrogen-bond donors (Lipinski definition) is 2. The highest BCUT2D eigenvalue weighted by molar-refractivity contribution is 5.88. The summed E-state index contributed by atoms with van der Waals surface area (Å²) in [5.74, 6) is 0.605. The van der Waals surface area contributed by atoms with Crippen molar-refractivity contribution in [1.82, 2.24) is 14.9 Å². The summed E-state index contributed by atoms with van der Waals surface area (Å²) in [6.07, 6.45) is 3.65. The van der Waals surface area contributed by atoms with Gasteiger partial charge in [0.1, 0.15) is 5.82 Å².